The van der Waals surface area contributed by atoms with E-state index in [-0.39, 0.29) is 26.6 Å². The van der Waals surface area contributed by atoms with Gasteiger partial charge in [-0.15, -0.1) is 0 Å². The molecule has 0 fully saturated rings. The molecule has 1 aromatic rings. The summed E-state index contributed by atoms with van der Waals surface area (Å²) in [7, 11) is -0.647. The molecule has 0 aliphatic carbocycles. The fourth-order valence-corrected chi connectivity index (χ4v) is 14.7. The van der Waals surface area contributed by atoms with Crippen LogP contribution in [0.2, 0.25) is 15.1 Å². The molecule has 0 saturated heterocycles. The summed E-state index contributed by atoms with van der Waals surface area (Å²) in [5, 5.41) is 0.203. The number of ether oxygens (including phenoxy) is 1. The van der Waals surface area contributed by atoms with E-state index in [1.165, 1.54) is 5.56 Å². The largest absolute Gasteiger partial charge is 0.497 e. The smallest absolute Gasteiger partial charge is 0.209 e. The van der Waals surface area contributed by atoms with E-state index in [1.54, 1.807) is 7.11 Å². The van der Waals surface area contributed by atoms with Crippen LogP contribution in [0.15, 0.2) is 22.7 Å². The lowest BCUT2D eigenvalue weighted by molar-refractivity contribution is 0.0543. The number of hydrogen-bond acceptors (Lipinski definition) is 2. The van der Waals surface area contributed by atoms with E-state index in [2.05, 4.69) is 111 Å². The Morgan fingerprint density at radius 3 is 1.54 bits per heavy atom. The van der Waals surface area contributed by atoms with Gasteiger partial charge >= 0.3 is 0 Å². The molecule has 0 amide bonds. The molecular formula is C24H43BrO2Si. The third kappa shape index (κ3) is 4.87. The van der Waals surface area contributed by atoms with Gasteiger partial charge in [0.25, 0.3) is 0 Å². The first-order valence-electron chi connectivity index (χ1n) is 10.3. The topological polar surface area (TPSA) is 18.5 Å². The van der Waals surface area contributed by atoms with Gasteiger partial charge in [0.05, 0.1) is 13.2 Å². The van der Waals surface area contributed by atoms with Crippen LogP contribution < -0.4 is 4.74 Å². The summed E-state index contributed by atoms with van der Waals surface area (Å²) in [6.07, 6.45) is -0.0404. The van der Waals surface area contributed by atoms with Crippen molar-refractivity contribution in [3.8, 4) is 5.75 Å². The summed E-state index contributed by atoms with van der Waals surface area (Å²) in [5.74, 6) is 0.866. The second-order valence-electron chi connectivity index (χ2n) is 12.2. The van der Waals surface area contributed by atoms with Crippen LogP contribution in [0.25, 0.3) is 0 Å². The van der Waals surface area contributed by atoms with Gasteiger partial charge in [-0.2, -0.15) is 0 Å². The van der Waals surface area contributed by atoms with Crippen LogP contribution in [0, 0.1) is 5.41 Å². The molecule has 1 rings (SSSR count). The zero-order valence-corrected chi connectivity index (χ0v) is 23.1. The van der Waals surface area contributed by atoms with Crippen molar-refractivity contribution >= 4 is 24.2 Å². The summed E-state index contributed by atoms with van der Waals surface area (Å²) in [5.41, 5.74) is 1.11. The van der Waals surface area contributed by atoms with E-state index in [0.29, 0.717) is 0 Å². The number of benzene rings is 1. The Hall–Kier alpha value is -0.323. The monoisotopic (exact) mass is 470 g/mol. The molecule has 0 bridgehead atoms. The van der Waals surface area contributed by atoms with Crippen LogP contribution in [0.5, 0.6) is 5.75 Å². The Morgan fingerprint density at radius 1 is 0.786 bits per heavy atom. The maximum atomic E-state index is 7.52. The predicted octanol–water partition coefficient (Wildman–Crippen LogP) is 8.91. The molecule has 0 aliphatic rings. The molecule has 0 aromatic heterocycles. The lowest BCUT2D eigenvalue weighted by atomic mass is 9.85. The van der Waals surface area contributed by atoms with E-state index in [4.69, 9.17) is 9.16 Å². The maximum absolute atomic E-state index is 7.52. The van der Waals surface area contributed by atoms with Gasteiger partial charge in [-0.05, 0) is 44.3 Å². The summed E-state index contributed by atoms with van der Waals surface area (Å²) in [6.45, 7) is 28.2. The first kappa shape index (κ1) is 25.7. The average molecular weight is 472 g/mol. The molecule has 0 heterocycles. The summed E-state index contributed by atoms with van der Waals surface area (Å²) in [6, 6.07) is 6.20. The molecule has 0 spiro atoms. The Kier molecular flexibility index (Phi) is 7.41. The van der Waals surface area contributed by atoms with Gasteiger partial charge in [0, 0.05) is 4.47 Å². The van der Waals surface area contributed by atoms with Gasteiger partial charge in [0.1, 0.15) is 5.75 Å². The summed E-state index contributed by atoms with van der Waals surface area (Å²) >= 11 is 3.79. The molecular weight excluding hydrogens is 428 g/mol. The quantitative estimate of drug-likeness (QED) is 0.408. The highest BCUT2D eigenvalue weighted by Gasteiger charge is 2.63. The van der Waals surface area contributed by atoms with Crippen molar-refractivity contribution < 1.29 is 9.16 Å². The third-order valence-electron chi connectivity index (χ3n) is 5.74. The molecule has 0 aliphatic heterocycles. The van der Waals surface area contributed by atoms with Crippen LogP contribution in [0.4, 0.5) is 0 Å². The number of hydrogen-bond donors (Lipinski definition) is 0. The van der Waals surface area contributed by atoms with Crippen molar-refractivity contribution in [3.05, 3.63) is 28.2 Å². The molecule has 0 saturated carbocycles. The van der Waals surface area contributed by atoms with Crippen LogP contribution >= 0.6 is 15.9 Å². The molecule has 162 valence electrons. The van der Waals surface area contributed by atoms with Crippen molar-refractivity contribution in [1.29, 1.82) is 0 Å². The first-order valence-corrected chi connectivity index (χ1v) is 13.0. The van der Waals surface area contributed by atoms with E-state index < -0.39 is 8.32 Å². The van der Waals surface area contributed by atoms with Gasteiger partial charge in [0.2, 0.25) is 8.32 Å². The zero-order valence-electron chi connectivity index (χ0n) is 20.5. The van der Waals surface area contributed by atoms with Crippen LogP contribution in [-0.2, 0) is 4.43 Å². The predicted molar refractivity (Wildman–Crippen MR) is 129 cm³/mol. The van der Waals surface area contributed by atoms with Crippen molar-refractivity contribution in [2.75, 3.05) is 7.11 Å². The second kappa shape index (κ2) is 8.07. The van der Waals surface area contributed by atoms with Crippen LogP contribution in [0.1, 0.15) is 94.8 Å². The van der Waals surface area contributed by atoms with Crippen molar-refractivity contribution in [2.24, 2.45) is 5.41 Å². The van der Waals surface area contributed by atoms with E-state index in [9.17, 15) is 0 Å². The Balaban J connectivity index is 3.81. The van der Waals surface area contributed by atoms with Gasteiger partial charge in [-0.3, -0.25) is 0 Å². The Morgan fingerprint density at radius 2 is 1.21 bits per heavy atom. The molecule has 1 unspecified atom stereocenters. The van der Waals surface area contributed by atoms with Crippen molar-refractivity contribution in [2.45, 2.75) is 104 Å². The molecule has 4 heteroatoms. The Labute approximate surface area is 184 Å². The molecule has 0 radical (unpaired) electrons. The maximum Gasteiger partial charge on any atom is 0.209 e. The summed E-state index contributed by atoms with van der Waals surface area (Å²) in [4.78, 5) is 0. The SMILES string of the molecule is COc1ccc(Br)c(C(O[Si](C(C)(C)C)(C(C)(C)C)C(C)(C)C)C(C)(C)C)c1. The molecule has 28 heavy (non-hydrogen) atoms. The lowest BCUT2D eigenvalue weighted by Gasteiger charge is -2.60. The highest BCUT2D eigenvalue weighted by Crippen LogP contribution is 2.64. The van der Waals surface area contributed by atoms with Crippen molar-refractivity contribution in [3.63, 3.8) is 0 Å². The number of halogens is 1. The van der Waals surface area contributed by atoms with Gasteiger partial charge in [-0.25, -0.2) is 0 Å². The van der Waals surface area contributed by atoms with Gasteiger partial charge in [0.15, 0.2) is 0 Å². The molecule has 1 atom stereocenters. The summed E-state index contributed by atoms with van der Waals surface area (Å²) < 4.78 is 14.1. The Bertz CT molecular complexity index is 634. The van der Waals surface area contributed by atoms with Crippen LogP contribution in [0.3, 0.4) is 0 Å². The standard InChI is InChI=1S/C24H43BrO2Si/c1-21(2,3)20(18-16-17(26-13)14-15-19(18)25)27-28(22(4,5)6,23(7,8)9)24(10,11)12/h14-16,20H,1-13H3. The highest BCUT2D eigenvalue weighted by molar-refractivity contribution is 9.10. The van der Waals surface area contributed by atoms with Gasteiger partial charge in [-0.1, -0.05) is 99.0 Å². The van der Waals surface area contributed by atoms with E-state index >= 15 is 0 Å². The molecule has 0 N–H and O–H groups in total. The highest BCUT2D eigenvalue weighted by atomic mass is 79.9. The van der Waals surface area contributed by atoms with Crippen molar-refractivity contribution in [1.82, 2.24) is 0 Å². The normalized spacial score (nSPS) is 15.5. The van der Waals surface area contributed by atoms with Crippen LogP contribution in [-0.4, -0.2) is 15.4 Å². The average Bonchev–Trinajstić information content (AvgIpc) is 2.43. The fraction of sp³-hybridized carbons (Fsp3) is 0.750. The minimum absolute atomic E-state index is 0.0404. The molecule has 1 aromatic carbocycles. The van der Waals surface area contributed by atoms with E-state index in [1.807, 2.05) is 6.07 Å². The number of methoxy groups -OCH3 is 1. The second-order valence-corrected chi connectivity index (χ2v) is 19.1. The third-order valence-corrected chi connectivity index (χ3v) is 13.4. The van der Waals surface area contributed by atoms with Gasteiger partial charge < -0.3 is 9.16 Å². The van der Waals surface area contributed by atoms with E-state index in [0.717, 1.165) is 10.2 Å². The minimum atomic E-state index is -2.37. The molecule has 2 nitrogen and oxygen atoms in total. The number of rotatable bonds is 4. The first-order chi connectivity index (χ1) is 12.3. The zero-order chi connectivity index (χ0) is 22.3. The fourth-order valence-electron chi connectivity index (χ4n) is 5.64. The lowest BCUT2D eigenvalue weighted by Crippen LogP contribution is -2.62. The minimum Gasteiger partial charge on any atom is -0.497 e.